The van der Waals surface area contributed by atoms with Gasteiger partial charge in [0.15, 0.2) is 5.58 Å². The Morgan fingerprint density at radius 1 is 1.38 bits per heavy atom. The average Bonchev–Trinajstić information content (AvgIpc) is 3.02. The third kappa shape index (κ3) is 2.54. The SMILES string of the molecule is CCCn1c(=O)oc2cc(C(Cl)c3sccc3C)ccc21. The van der Waals surface area contributed by atoms with Crippen LogP contribution in [0.5, 0.6) is 0 Å². The van der Waals surface area contributed by atoms with Gasteiger partial charge in [-0.15, -0.1) is 22.9 Å². The van der Waals surface area contributed by atoms with E-state index in [0.717, 1.165) is 22.4 Å². The van der Waals surface area contributed by atoms with Crippen molar-refractivity contribution in [1.82, 2.24) is 4.57 Å². The number of fused-ring (bicyclic) bond motifs is 1. The van der Waals surface area contributed by atoms with Crippen molar-refractivity contribution in [3.63, 3.8) is 0 Å². The number of oxazole rings is 1. The van der Waals surface area contributed by atoms with Crippen molar-refractivity contribution in [2.75, 3.05) is 0 Å². The molecule has 0 aliphatic heterocycles. The minimum Gasteiger partial charge on any atom is -0.408 e. The molecule has 0 aliphatic rings. The highest BCUT2D eigenvalue weighted by Crippen LogP contribution is 2.35. The standard InChI is InChI=1S/C16H16ClNO2S/c1-3-7-18-12-5-4-11(9-13(12)20-16(18)19)14(17)15-10(2)6-8-21-15/h4-6,8-9,14H,3,7H2,1-2H3. The van der Waals surface area contributed by atoms with Gasteiger partial charge in [0.2, 0.25) is 0 Å². The molecule has 3 aromatic rings. The summed E-state index contributed by atoms with van der Waals surface area (Å²) in [6.45, 7) is 4.76. The molecule has 2 aromatic heterocycles. The highest BCUT2D eigenvalue weighted by Gasteiger charge is 2.17. The lowest BCUT2D eigenvalue weighted by molar-refractivity contribution is 0.502. The molecule has 110 valence electrons. The fourth-order valence-corrected chi connectivity index (χ4v) is 3.86. The van der Waals surface area contributed by atoms with E-state index < -0.39 is 0 Å². The number of halogens is 1. The molecule has 0 saturated heterocycles. The molecule has 2 heterocycles. The normalized spacial score (nSPS) is 12.9. The minimum atomic E-state index is -0.303. The zero-order valence-corrected chi connectivity index (χ0v) is 13.5. The van der Waals surface area contributed by atoms with Crippen molar-refractivity contribution in [2.24, 2.45) is 0 Å². The summed E-state index contributed by atoms with van der Waals surface area (Å²) in [6, 6.07) is 7.83. The van der Waals surface area contributed by atoms with Gasteiger partial charge in [-0.05, 0) is 48.1 Å². The predicted molar refractivity (Wildman–Crippen MR) is 87.5 cm³/mol. The molecule has 0 fully saturated rings. The van der Waals surface area contributed by atoms with Crippen LogP contribution in [0.1, 0.15) is 34.7 Å². The lowest BCUT2D eigenvalue weighted by atomic mass is 10.1. The van der Waals surface area contributed by atoms with Crippen molar-refractivity contribution in [3.8, 4) is 0 Å². The van der Waals surface area contributed by atoms with Crippen molar-refractivity contribution >= 4 is 34.0 Å². The maximum atomic E-state index is 11.9. The van der Waals surface area contributed by atoms with Gasteiger partial charge in [-0.2, -0.15) is 0 Å². The lowest BCUT2D eigenvalue weighted by Crippen LogP contribution is -2.13. The topological polar surface area (TPSA) is 35.1 Å². The van der Waals surface area contributed by atoms with Crippen molar-refractivity contribution < 1.29 is 4.42 Å². The summed E-state index contributed by atoms with van der Waals surface area (Å²) >= 11 is 8.22. The van der Waals surface area contributed by atoms with Crippen molar-refractivity contribution in [2.45, 2.75) is 32.2 Å². The first kappa shape index (κ1) is 14.4. The molecule has 0 radical (unpaired) electrons. The van der Waals surface area contributed by atoms with Gasteiger partial charge in [0.1, 0.15) is 0 Å². The molecule has 3 nitrogen and oxygen atoms in total. The average molecular weight is 322 g/mol. The summed E-state index contributed by atoms with van der Waals surface area (Å²) in [5, 5.41) is 1.82. The number of rotatable bonds is 4. The van der Waals surface area contributed by atoms with E-state index in [1.165, 1.54) is 5.56 Å². The highest BCUT2D eigenvalue weighted by molar-refractivity contribution is 7.10. The lowest BCUT2D eigenvalue weighted by Gasteiger charge is -2.09. The quantitative estimate of drug-likeness (QED) is 0.653. The van der Waals surface area contributed by atoms with E-state index in [4.69, 9.17) is 16.0 Å². The Morgan fingerprint density at radius 3 is 2.86 bits per heavy atom. The molecule has 0 aliphatic carbocycles. The summed E-state index contributed by atoms with van der Waals surface area (Å²) in [7, 11) is 0. The summed E-state index contributed by atoms with van der Waals surface area (Å²) < 4.78 is 7.01. The van der Waals surface area contributed by atoms with E-state index in [2.05, 4.69) is 13.0 Å². The van der Waals surface area contributed by atoms with Crippen LogP contribution in [0.15, 0.2) is 38.9 Å². The predicted octanol–water partition coefficient (Wildman–Crippen LogP) is 4.70. The van der Waals surface area contributed by atoms with E-state index in [9.17, 15) is 4.79 Å². The molecule has 1 aromatic carbocycles. The monoisotopic (exact) mass is 321 g/mol. The van der Waals surface area contributed by atoms with Crippen LogP contribution in [-0.4, -0.2) is 4.57 Å². The van der Waals surface area contributed by atoms with Gasteiger partial charge in [0.25, 0.3) is 0 Å². The van der Waals surface area contributed by atoms with E-state index in [1.54, 1.807) is 15.9 Å². The van der Waals surface area contributed by atoms with Crippen LogP contribution >= 0.6 is 22.9 Å². The van der Waals surface area contributed by atoms with E-state index >= 15 is 0 Å². The van der Waals surface area contributed by atoms with Crippen LogP contribution in [0, 0.1) is 6.92 Å². The first-order chi connectivity index (χ1) is 10.1. The smallest absolute Gasteiger partial charge is 0.408 e. The molecule has 0 N–H and O–H groups in total. The van der Waals surface area contributed by atoms with Gasteiger partial charge < -0.3 is 4.42 Å². The molecule has 5 heteroatoms. The number of hydrogen-bond acceptors (Lipinski definition) is 3. The summed E-state index contributed by atoms with van der Waals surface area (Å²) in [5.41, 5.74) is 3.57. The van der Waals surface area contributed by atoms with Crippen molar-refractivity contribution in [3.05, 3.63) is 56.2 Å². The first-order valence-corrected chi connectivity index (χ1v) is 8.24. The Kier molecular flexibility index (Phi) is 3.91. The Morgan fingerprint density at radius 2 is 2.19 bits per heavy atom. The number of alkyl halides is 1. The second-order valence-electron chi connectivity index (χ2n) is 5.08. The maximum Gasteiger partial charge on any atom is 0.419 e. The second-order valence-corrected chi connectivity index (χ2v) is 6.46. The molecule has 0 saturated carbocycles. The van der Waals surface area contributed by atoms with Crippen LogP contribution in [0.2, 0.25) is 0 Å². The molecule has 1 unspecified atom stereocenters. The number of aromatic nitrogens is 1. The number of thiophene rings is 1. The van der Waals surface area contributed by atoms with Crippen LogP contribution in [0.25, 0.3) is 11.1 Å². The molecule has 1 atom stereocenters. The zero-order chi connectivity index (χ0) is 15.0. The van der Waals surface area contributed by atoms with Gasteiger partial charge >= 0.3 is 5.76 Å². The van der Waals surface area contributed by atoms with Crippen molar-refractivity contribution in [1.29, 1.82) is 0 Å². The largest absolute Gasteiger partial charge is 0.419 e. The third-order valence-electron chi connectivity index (χ3n) is 3.56. The maximum absolute atomic E-state index is 11.9. The van der Waals surface area contributed by atoms with E-state index in [1.807, 2.05) is 30.5 Å². The Labute approximate surface area is 131 Å². The third-order valence-corrected chi connectivity index (χ3v) is 5.25. The van der Waals surface area contributed by atoms with Gasteiger partial charge in [0.05, 0.1) is 10.9 Å². The van der Waals surface area contributed by atoms with Crippen LogP contribution in [-0.2, 0) is 6.54 Å². The first-order valence-electron chi connectivity index (χ1n) is 6.93. The van der Waals surface area contributed by atoms with E-state index in [-0.39, 0.29) is 11.1 Å². The van der Waals surface area contributed by atoms with Gasteiger partial charge in [-0.1, -0.05) is 13.0 Å². The molecular weight excluding hydrogens is 306 g/mol. The molecule has 0 spiro atoms. The second kappa shape index (κ2) is 5.70. The van der Waals surface area contributed by atoms with E-state index in [0.29, 0.717) is 12.1 Å². The molecular formula is C16H16ClNO2S. The van der Waals surface area contributed by atoms with Gasteiger partial charge in [-0.3, -0.25) is 4.57 Å². The minimum absolute atomic E-state index is 0.214. The summed E-state index contributed by atoms with van der Waals surface area (Å²) in [4.78, 5) is 13.0. The molecule has 3 rings (SSSR count). The van der Waals surface area contributed by atoms with Crippen LogP contribution < -0.4 is 5.76 Å². The molecule has 0 amide bonds. The number of aryl methyl sites for hydroxylation is 2. The number of hydrogen-bond donors (Lipinski definition) is 0. The number of nitrogens with zero attached hydrogens (tertiary/aromatic N) is 1. The van der Waals surface area contributed by atoms with Gasteiger partial charge in [0, 0.05) is 11.4 Å². The Bertz CT molecular complexity index is 830. The summed E-state index contributed by atoms with van der Waals surface area (Å²) in [5.74, 6) is -0.303. The molecule has 0 bridgehead atoms. The molecule has 21 heavy (non-hydrogen) atoms. The van der Waals surface area contributed by atoms with Crippen LogP contribution in [0.4, 0.5) is 0 Å². The Balaban J connectivity index is 2.06. The number of benzene rings is 1. The zero-order valence-electron chi connectivity index (χ0n) is 11.9. The van der Waals surface area contributed by atoms with Gasteiger partial charge in [-0.25, -0.2) is 4.79 Å². The summed E-state index contributed by atoms with van der Waals surface area (Å²) in [6.07, 6.45) is 0.892. The fraction of sp³-hybridized carbons (Fsp3) is 0.312. The Hall–Kier alpha value is -1.52. The van der Waals surface area contributed by atoms with Crippen LogP contribution in [0.3, 0.4) is 0 Å². The fourth-order valence-electron chi connectivity index (χ4n) is 2.47. The highest BCUT2D eigenvalue weighted by atomic mass is 35.5.